The molecular weight excluding hydrogens is 216 g/mol. The van der Waals surface area contributed by atoms with Gasteiger partial charge in [-0.25, -0.2) is 4.98 Å². The number of rotatable bonds is 2. The molecule has 1 aromatic rings. The second-order valence-electron chi connectivity index (χ2n) is 4.50. The fraction of sp³-hybridized carbons (Fsp3) is 0.500. The highest BCUT2D eigenvalue weighted by molar-refractivity contribution is 5.86. The second-order valence-corrected chi connectivity index (χ2v) is 4.50. The molecule has 1 aliphatic heterocycles. The lowest BCUT2D eigenvalue weighted by Crippen LogP contribution is -2.43. The first-order valence-corrected chi connectivity index (χ1v) is 5.79. The minimum Gasteiger partial charge on any atom is -0.396 e. The minimum atomic E-state index is -0.123. The summed E-state index contributed by atoms with van der Waals surface area (Å²) in [5.41, 5.74) is 6.54. The van der Waals surface area contributed by atoms with Crippen LogP contribution in [0.25, 0.3) is 0 Å². The molecule has 1 fully saturated rings. The summed E-state index contributed by atoms with van der Waals surface area (Å²) < 4.78 is 0. The third-order valence-corrected chi connectivity index (χ3v) is 3.07. The molecule has 1 saturated heterocycles. The molecule has 0 aliphatic carbocycles. The molecule has 1 atom stereocenters. The van der Waals surface area contributed by atoms with E-state index in [1.807, 2.05) is 11.0 Å². The Morgan fingerprint density at radius 2 is 2.35 bits per heavy atom. The highest BCUT2D eigenvalue weighted by Crippen LogP contribution is 2.28. The van der Waals surface area contributed by atoms with Gasteiger partial charge in [-0.15, -0.1) is 0 Å². The predicted octanol–water partition coefficient (Wildman–Crippen LogP) is 0.721. The first kappa shape index (κ1) is 11.7. The van der Waals surface area contributed by atoms with Gasteiger partial charge >= 0.3 is 0 Å². The Kier molecular flexibility index (Phi) is 3.17. The molecule has 0 saturated carbocycles. The van der Waals surface area contributed by atoms with E-state index < -0.39 is 0 Å². The lowest BCUT2D eigenvalue weighted by molar-refractivity contribution is -0.129. The number of pyridine rings is 1. The molecule has 92 valence electrons. The number of hydrogen-bond donors (Lipinski definition) is 1. The van der Waals surface area contributed by atoms with Crippen molar-refractivity contribution in [2.45, 2.75) is 18.9 Å². The van der Waals surface area contributed by atoms with Gasteiger partial charge in [0.2, 0.25) is 5.91 Å². The zero-order valence-electron chi connectivity index (χ0n) is 10.3. The van der Waals surface area contributed by atoms with Crippen LogP contribution in [0, 0.1) is 0 Å². The van der Waals surface area contributed by atoms with Crippen molar-refractivity contribution in [2.24, 2.45) is 0 Å². The Hall–Kier alpha value is -1.78. The zero-order chi connectivity index (χ0) is 12.4. The molecule has 17 heavy (non-hydrogen) atoms. The molecule has 2 heterocycles. The van der Waals surface area contributed by atoms with Crippen molar-refractivity contribution in [2.75, 3.05) is 31.3 Å². The number of likely N-dealkylation sites (N-methyl/N-ethyl adjacent to an activating group) is 1. The third-order valence-electron chi connectivity index (χ3n) is 3.07. The maximum Gasteiger partial charge on any atom is 0.244 e. The molecule has 0 bridgehead atoms. The van der Waals surface area contributed by atoms with E-state index >= 15 is 0 Å². The molecule has 1 aliphatic rings. The Labute approximate surface area is 101 Å². The van der Waals surface area contributed by atoms with Crippen molar-refractivity contribution < 1.29 is 4.79 Å². The van der Waals surface area contributed by atoms with Crippen molar-refractivity contribution in [1.29, 1.82) is 0 Å². The van der Waals surface area contributed by atoms with E-state index in [-0.39, 0.29) is 11.9 Å². The first-order valence-electron chi connectivity index (χ1n) is 5.79. The van der Waals surface area contributed by atoms with Crippen LogP contribution in [0.4, 0.5) is 11.5 Å². The summed E-state index contributed by atoms with van der Waals surface area (Å²) in [4.78, 5) is 20.0. The van der Waals surface area contributed by atoms with Crippen molar-refractivity contribution in [1.82, 2.24) is 9.88 Å². The molecule has 0 radical (unpaired) electrons. The summed E-state index contributed by atoms with van der Waals surface area (Å²) in [7, 11) is 3.56. The molecule has 0 spiro atoms. The quantitative estimate of drug-likeness (QED) is 0.819. The molecule has 1 amide bonds. The van der Waals surface area contributed by atoms with Crippen molar-refractivity contribution in [3.05, 3.63) is 18.3 Å². The average Bonchev–Trinajstić information content (AvgIpc) is 2.77. The monoisotopic (exact) mass is 234 g/mol. The van der Waals surface area contributed by atoms with E-state index in [0.717, 1.165) is 25.2 Å². The van der Waals surface area contributed by atoms with E-state index in [1.165, 1.54) is 0 Å². The average molecular weight is 234 g/mol. The number of carbonyl (C=O) groups excluding carboxylic acids is 1. The first-order chi connectivity index (χ1) is 8.11. The number of anilines is 2. The minimum absolute atomic E-state index is 0.118. The van der Waals surface area contributed by atoms with Crippen LogP contribution in [0.1, 0.15) is 12.8 Å². The zero-order valence-corrected chi connectivity index (χ0v) is 10.3. The van der Waals surface area contributed by atoms with Crippen LogP contribution in [-0.4, -0.2) is 42.5 Å². The number of nitrogens with two attached hydrogens (primary N) is 1. The molecule has 5 nitrogen and oxygen atoms in total. The van der Waals surface area contributed by atoms with Gasteiger partial charge in [0.25, 0.3) is 0 Å². The molecule has 1 aromatic heterocycles. The molecule has 2 rings (SSSR count). The van der Waals surface area contributed by atoms with Crippen LogP contribution in [0.5, 0.6) is 0 Å². The lowest BCUT2D eigenvalue weighted by atomic mass is 10.2. The van der Waals surface area contributed by atoms with E-state index in [9.17, 15) is 4.79 Å². The third kappa shape index (κ3) is 2.18. The van der Waals surface area contributed by atoms with Crippen LogP contribution in [0.2, 0.25) is 0 Å². The fourth-order valence-corrected chi connectivity index (χ4v) is 2.22. The summed E-state index contributed by atoms with van der Waals surface area (Å²) in [6, 6.07) is 3.50. The number of nitrogens with zero attached hydrogens (tertiary/aromatic N) is 3. The van der Waals surface area contributed by atoms with Crippen molar-refractivity contribution in [3.8, 4) is 0 Å². The maximum absolute atomic E-state index is 12.1. The highest BCUT2D eigenvalue weighted by atomic mass is 16.2. The SMILES string of the molecule is CN(C)C(=O)[C@@H]1CCCN1c1ncccc1N. The maximum atomic E-state index is 12.1. The van der Waals surface area contributed by atoms with Crippen LogP contribution in [0.3, 0.4) is 0 Å². The van der Waals surface area contributed by atoms with E-state index in [4.69, 9.17) is 5.73 Å². The van der Waals surface area contributed by atoms with Gasteiger partial charge in [-0.1, -0.05) is 0 Å². The van der Waals surface area contributed by atoms with Crippen LogP contribution in [0.15, 0.2) is 18.3 Å². The number of carbonyl (C=O) groups is 1. The number of hydrogen-bond acceptors (Lipinski definition) is 4. The summed E-state index contributed by atoms with van der Waals surface area (Å²) in [5, 5.41) is 0. The summed E-state index contributed by atoms with van der Waals surface area (Å²) in [5.74, 6) is 0.845. The summed E-state index contributed by atoms with van der Waals surface area (Å²) in [6.45, 7) is 0.839. The Morgan fingerprint density at radius 1 is 1.59 bits per heavy atom. The Morgan fingerprint density at radius 3 is 3.00 bits per heavy atom. The van der Waals surface area contributed by atoms with E-state index in [0.29, 0.717) is 5.69 Å². The largest absolute Gasteiger partial charge is 0.396 e. The topological polar surface area (TPSA) is 62.5 Å². The fourth-order valence-electron chi connectivity index (χ4n) is 2.22. The number of amides is 1. The standard InChI is InChI=1S/C12H18N4O/c1-15(2)12(17)10-6-4-8-16(10)11-9(13)5-3-7-14-11/h3,5,7,10H,4,6,8,13H2,1-2H3/t10-/m0/s1. The van der Waals surface area contributed by atoms with Crippen LogP contribution >= 0.6 is 0 Å². The van der Waals surface area contributed by atoms with Gasteiger partial charge in [0.05, 0.1) is 5.69 Å². The van der Waals surface area contributed by atoms with Crippen LogP contribution in [-0.2, 0) is 4.79 Å². The van der Waals surface area contributed by atoms with Crippen LogP contribution < -0.4 is 10.6 Å². The predicted molar refractivity (Wildman–Crippen MR) is 67.7 cm³/mol. The van der Waals surface area contributed by atoms with Gasteiger partial charge in [-0.3, -0.25) is 4.79 Å². The van der Waals surface area contributed by atoms with Gasteiger partial charge in [-0.05, 0) is 25.0 Å². The number of aromatic nitrogens is 1. The second kappa shape index (κ2) is 4.61. The summed E-state index contributed by atoms with van der Waals surface area (Å²) in [6.07, 6.45) is 3.58. The van der Waals surface area contributed by atoms with Gasteiger partial charge < -0.3 is 15.5 Å². The molecular formula is C12H18N4O. The van der Waals surface area contributed by atoms with Crippen molar-refractivity contribution >= 4 is 17.4 Å². The smallest absolute Gasteiger partial charge is 0.244 e. The lowest BCUT2D eigenvalue weighted by Gasteiger charge is -2.27. The molecule has 5 heteroatoms. The Balaban J connectivity index is 2.26. The normalized spacial score (nSPS) is 19.4. The molecule has 0 unspecified atom stereocenters. The number of nitrogen functional groups attached to an aromatic ring is 1. The van der Waals surface area contributed by atoms with E-state index in [2.05, 4.69) is 4.98 Å². The van der Waals surface area contributed by atoms with Gasteiger partial charge in [0.1, 0.15) is 6.04 Å². The Bertz CT molecular complexity index is 419. The van der Waals surface area contributed by atoms with E-state index in [1.54, 1.807) is 31.3 Å². The van der Waals surface area contributed by atoms with Crippen molar-refractivity contribution in [3.63, 3.8) is 0 Å². The summed E-state index contributed by atoms with van der Waals surface area (Å²) >= 11 is 0. The van der Waals surface area contributed by atoms with Gasteiger partial charge in [-0.2, -0.15) is 0 Å². The highest BCUT2D eigenvalue weighted by Gasteiger charge is 2.33. The van der Waals surface area contributed by atoms with Gasteiger partial charge in [0, 0.05) is 26.8 Å². The molecule has 0 aromatic carbocycles. The molecule has 2 N–H and O–H groups in total. The van der Waals surface area contributed by atoms with Gasteiger partial charge in [0.15, 0.2) is 5.82 Å².